The number of H-pyrrole nitrogens is 1. The molecule has 0 amide bonds. The molecular formula is C20H21F4N3O2. The molecule has 1 aliphatic heterocycles. The van der Waals surface area contributed by atoms with Gasteiger partial charge in [-0.3, -0.25) is 9.78 Å². The van der Waals surface area contributed by atoms with E-state index in [1.165, 1.54) is 16.8 Å². The minimum Gasteiger partial charge on any atom is -0.302 e. The van der Waals surface area contributed by atoms with Gasteiger partial charge < -0.3 is 9.47 Å². The van der Waals surface area contributed by atoms with Crippen molar-refractivity contribution in [2.45, 2.75) is 37.9 Å². The van der Waals surface area contributed by atoms with E-state index in [0.29, 0.717) is 43.2 Å². The first-order valence-corrected chi connectivity index (χ1v) is 9.50. The zero-order valence-electron chi connectivity index (χ0n) is 15.9. The number of aryl methyl sites for hydroxylation is 2. The first-order chi connectivity index (χ1) is 13.6. The van der Waals surface area contributed by atoms with Gasteiger partial charge in [-0.15, -0.1) is 0 Å². The van der Waals surface area contributed by atoms with Crippen LogP contribution < -0.4 is 11.2 Å². The van der Waals surface area contributed by atoms with Crippen molar-refractivity contribution in [2.75, 3.05) is 19.6 Å². The van der Waals surface area contributed by atoms with Crippen molar-refractivity contribution in [1.82, 2.24) is 14.5 Å². The smallest absolute Gasteiger partial charge is 0.302 e. The van der Waals surface area contributed by atoms with Gasteiger partial charge in [-0.05, 0) is 49.9 Å². The second kappa shape index (κ2) is 6.83. The van der Waals surface area contributed by atoms with Gasteiger partial charge >= 0.3 is 11.9 Å². The van der Waals surface area contributed by atoms with Gasteiger partial charge in [-0.2, -0.15) is 13.2 Å². The largest absolute Gasteiger partial charge is 0.416 e. The van der Waals surface area contributed by atoms with Crippen LogP contribution in [0.3, 0.4) is 0 Å². The predicted octanol–water partition coefficient (Wildman–Crippen LogP) is 2.67. The number of nitrogens with one attached hydrogen (secondary N) is 1. The van der Waals surface area contributed by atoms with Crippen molar-refractivity contribution in [3.63, 3.8) is 0 Å². The molecule has 1 aliphatic carbocycles. The summed E-state index contributed by atoms with van der Waals surface area (Å²) < 4.78 is 54.2. The molecule has 0 radical (unpaired) electrons. The van der Waals surface area contributed by atoms with Crippen LogP contribution in [0.5, 0.6) is 0 Å². The van der Waals surface area contributed by atoms with Gasteiger partial charge in [-0.25, -0.2) is 9.18 Å². The summed E-state index contributed by atoms with van der Waals surface area (Å²) in [6.45, 7) is 4.12. The van der Waals surface area contributed by atoms with Crippen molar-refractivity contribution < 1.29 is 17.6 Å². The molecule has 4 rings (SSSR count). The molecular weight excluding hydrogens is 390 g/mol. The summed E-state index contributed by atoms with van der Waals surface area (Å²) in [5.41, 5.74) is -1.39. The number of nitrogens with zero attached hydrogens (tertiary/aromatic N) is 2. The standard InChI is InChI=1S/C20H21F4N3O2/c1-12-9-27(18(29)25-17(12)28)6-2-5-26-10-14-8-19(14,11-26)15-4-3-13(7-16(15)21)20(22,23)24/h3-4,7,9,14H,2,5-6,8,10-11H2,1H3,(H,25,28,29)/t14?,19-/m0/s1. The Morgan fingerprint density at radius 1 is 1.24 bits per heavy atom. The first-order valence-electron chi connectivity index (χ1n) is 9.50. The molecule has 5 nitrogen and oxygen atoms in total. The van der Waals surface area contributed by atoms with Crippen molar-refractivity contribution >= 4 is 0 Å². The number of hydrogen-bond acceptors (Lipinski definition) is 3. The number of alkyl halides is 3. The summed E-state index contributed by atoms with van der Waals surface area (Å²) in [6.07, 6.45) is -1.57. The maximum absolute atomic E-state index is 14.4. The molecule has 2 fully saturated rings. The zero-order valence-corrected chi connectivity index (χ0v) is 15.9. The summed E-state index contributed by atoms with van der Waals surface area (Å²) in [7, 11) is 0. The number of rotatable bonds is 5. The molecule has 156 valence electrons. The Kier molecular flexibility index (Phi) is 4.68. The summed E-state index contributed by atoms with van der Waals surface area (Å²) in [6, 6.07) is 2.83. The minimum absolute atomic E-state index is 0.242. The van der Waals surface area contributed by atoms with Gasteiger partial charge in [0.05, 0.1) is 5.56 Å². The van der Waals surface area contributed by atoms with Gasteiger partial charge in [0.25, 0.3) is 5.56 Å². The molecule has 0 spiro atoms. The van der Waals surface area contributed by atoms with E-state index in [9.17, 15) is 27.2 Å². The van der Waals surface area contributed by atoms with Crippen molar-refractivity contribution in [3.8, 4) is 0 Å². The third-order valence-electron chi connectivity index (χ3n) is 6.11. The van der Waals surface area contributed by atoms with Gasteiger partial charge in [-0.1, -0.05) is 6.07 Å². The molecule has 2 aliphatic rings. The molecule has 1 aromatic carbocycles. The van der Waals surface area contributed by atoms with Crippen LogP contribution in [0, 0.1) is 18.7 Å². The lowest BCUT2D eigenvalue weighted by molar-refractivity contribution is -0.137. The third-order valence-corrected chi connectivity index (χ3v) is 6.11. The summed E-state index contributed by atoms with van der Waals surface area (Å²) in [5, 5.41) is 0. The Morgan fingerprint density at radius 3 is 2.69 bits per heavy atom. The van der Waals surface area contributed by atoms with Crippen LogP contribution in [0.15, 0.2) is 34.0 Å². The molecule has 0 bridgehead atoms. The first kappa shape index (κ1) is 19.9. The van der Waals surface area contributed by atoms with Crippen LogP contribution >= 0.6 is 0 Å². The van der Waals surface area contributed by atoms with Crippen LogP contribution in [0.1, 0.15) is 29.5 Å². The molecule has 2 heterocycles. The highest BCUT2D eigenvalue weighted by Crippen LogP contribution is 2.59. The zero-order chi connectivity index (χ0) is 21.0. The topological polar surface area (TPSA) is 58.1 Å². The normalized spacial score (nSPS) is 24.0. The van der Waals surface area contributed by atoms with E-state index in [0.717, 1.165) is 19.0 Å². The Balaban J connectivity index is 1.39. The Labute approximate surface area is 164 Å². The number of hydrogen-bond donors (Lipinski definition) is 1. The Morgan fingerprint density at radius 2 is 2.00 bits per heavy atom. The van der Waals surface area contributed by atoms with Crippen molar-refractivity contribution in [3.05, 3.63) is 67.7 Å². The fraction of sp³-hybridized carbons (Fsp3) is 0.500. The molecule has 9 heteroatoms. The van der Waals surface area contributed by atoms with E-state index in [-0.39, 0.29) is 5.92 Å². The summed E-state index contributed by atoms with van der Waals surface area (Å²) in [4.78, 5) is 27.7. The molecule has 29 heavy (non-hydrogen) atoms. The van der Waals surface area contributed by atoms with Crippen LogP contribution in [-0.4, -0.2) is 34.1 Å². The van der Waals surface area contributed by atoms with Gasteiger partial charge in [0.1, 0.15) is 5.82 Å². The minimum atomic E-state index is -4.56. The number of benzene rings is 1. The number of aromatic nitrogens is 2. The van der Waals surface area contributed by atoms with E-state index in [1.54, 1.807) is 6.92 Å². The maximum Gasteiger partial charge on any atom is 0.416 e. The Hall–Kier alpha value is -2.42. The quantitative estimate of drug-likeness (QED) is 0.770. The average Bonchev–Trinajstić information content (AvgIpc) is 3.20. The van der Waals surface area contributed by atoms with Gasteiger partial charge in [0.15, 0.2) is 0 Å². The summed E-state index contributed by atoms with van der Waals surface area (Å²) in [5.74, 6) is -0.550. The molecule has 1 N–H and O–H groups in total. The summed E-state index contributed by atoms with van der Waals surface area (Å²) >= 11 is 0. The van der Waals surface area contributed by atoms with E-state index >= 15 is 0 Å². The van der Waals surface area contributed by atoms with Crippen LogP contribution in [-0.2, 0) is 18.1 Å². The third kappa shape index (κ3) is 3.63. The van der Waals surface area contributed by atoms with Crippen LogP contribution in [0.25, 0.3) is 0 Å². The molecule has 1 unspecified atom stereocenters. The van der Waals surface area contributed by atoms with Gasteiger partial charge in [0.2, 0.25) is 0 Å². The van der Waals surface area contributed by atoms with Crippen molar-refractivity contribution in [2.24, 2.45) is 5.92 Å². The van der Waals surface area contributed by atoms with E-state index in [4.69, 9.17) is 0 Å². The lowest BCUT2D eigenvalue weighted by Crippen LogP contribution is -2.33. The fourth-order valence-corrected chi connectivity index (χ4v) is 4.52. The van der Waals surface area contributed by atoms with Crippen molar-refractivity contribution in [1.29, 1.82) is 0 Å². The molecule has 2 aromatic rings. The van der Waals surface area contributed by atoms with Crippen LogP contribution in [0.4, 0.5) is 17.6 Å². The number of piperidine rings is 1. The maximum atomic E-state index is 14.4. The lowest BCUT2D eigenvalue weighted by atomic mass is 9.93. The highest BCUT2D eigenvalue weighted by molar-refractivity contribution is 5.40. The van der Waals surface area contributed by atoms with E-state index in [1.807, 2.05) is 0 Å². The fourth-order valence-electron chi connectivity index (χ4n) is 4.52. The molecule has 1 saturated heterocycles. The second-order valence-electron chi connectivity index (χ2n) is 8.10. The number of aromatic amines is 1. The second-order valence-corrected chi connectivity index (χ2v) is 8.10. The predicted molar refractivity (Wildman–Crippen MR) is 98.3 cm³/mol. The SMILES string of the molecule is Cc1cn(CCCN2CC3C[C@]3(c3ccc(C(F)(F)F)cc3F)C2)c(=O)[nH]c1=O. The number of likely N-dealkylation sites (tertiary alicyclic amines) is 1. The molecule has 1 saturated carbocycles. The monoisotopic (exact) mass is 411 g/mol. The lowest BCUT2D eigenvalue weighted by Gasteiger charge is -2.22. The average molecular weight is 411 g/mol. The number of fused-ring (bicyclic) bond motifs is 1. The Bertz CT molecular complexity index is 1060. The highest BCUT2D eigenvalue weighted by Gasteiger charge is 2.61. The highest BCUT2D eigenvalue weighted by atomic mass is 19.4. The van der Waals surface area contributed by atoms with E-state index < -0.39 is 34.2 Å². The van der Waals surface area contributed by atoms with Crippen LogP contribution in [0.2, 0.25) is 0 Å². The number of halogens is 4. The molecule has 1 aromatic heterocycles. The van der Waals surface area contributed by atoms with Gasteiger partial charge in [0, 0.05) is 36.8 Å². The van der Waals surface area contributed by atoms with E-state index in [2.05, 4.69) is 9.88 Å². The molecule has 2 atom stereocenters.